The number of hydrogen-bond donors (Lipinski definition) is 2. The van der Waals surface area contributed by atoms with Gasteiger partial charge in [0.25, 0.3) is 0 Å². The van der Waals surface area contributed by atoms with Gasteiger partial charge in [-0.25, -0.2) is 4.39 Å². The number of aliphatic hydroxyl groups excluding tert-OH is 1. The van der Waals surface area contributed by atoms with E-state index in [4.69, 9.17) is 10.5 Å². The van der Waals surface area contributed by atoms with Crippen molar-refractivity contribution in [1.29, 1.82) is 0 Å². The average Bonchev–Trinajstić information content (AvgIpc) is 2.68. The molecular formula is C19H27FN2O3. The highest BCUT2D eigenvalue weighted by Gasteiger charge is 2.42. The molecule has 2 heterocycles. The summed E-state index contributed by atoms with van der Waals surface area (Å²) in [6, 6.07) is 5.99. The normalized spacial score (nSPS) is 22.6. The van der Waals surface area contributed by atoms with E-state index in [0.29, 0.717) is 45.7 Å². The molecule has 3 N–H and O–H groups in total. The van der Waals surface area contributed by atoms with Crippen LogP contribution in [0.1, 0.15) is 37.4 Å². The molecule has 2 fully saturated rings. The molecule has 0 radical (unpaired) electrons. The molecule has 2 aliphatic heterocycles. The van der Waals surface area contributed by atoms with Gasteiger partial charge in [0.2, 0.25) is 5.91 Å². The largest absolute Gasteiger partial charge is 0.388 e. The van der Waals surface area contributed by atoms with Crippen LogP contribution in [-0.2, 0) is 9.53 Å². The molecule has 1 amide bonds. The second-order valence-corrected chi connectivity index (χ2v) is 7.22. The lowest BCUT2D eigenvalue weighted by atomic mass is 9.78. The number of amides is 1. The van der Waals surface area contributed by atoms with Crippen molar-refractivity contribution in [3.8, 4) is 0 Å². The maximum Gasteiger partial charge on any atom is 0.230 e. The van der Waals surface area contributed by atoms with E-state index in [1.807, 2.05) is 4.90 Å². The third kappa shape index (κ3) is 3.86. The second kappa shape index (κ2) is 7.81. The summed E-state index contributed by atoms with van der Waals surface area (Å²) < 4.78 is 18.4. The fourth-order valence-electron chi connectivity index (χ4n) is 3.95. The topological polar surface area (TPSA) is 75.8 Å². The molecule has 5 nitrogen and oxygen atoms in total. The Hall–Kier alpha value is -1.50. The zero-order valence-electron chi connectivity index (χ0n) is 14.5. The molecule has 2 saturated heterocycles. The molecule has 0 bridgehead atoms. The minimum Gasteiger partial charge on any atom is -0.388 e. The van der Waals surface area contributed by atoms with E-state index in [1.54, 1.807) is 12.1 Å². The van der Waals surface area contributed by atoms with Crippen molar-refractivity contribution in [2.75, 3.05) is 32.8 Å². The first-order chi connectivity index (χ1) is 12.1. The molecule has 6 heteroatoms. The Labute approximate surface area is 147 Å². The van der Waals surface area contributed by atoms with Crippen LogP contribution in [0.4, 0.5) is 4.39 Å². The van der Waals surface area contributed by atoms with Gasteiger partial charge in [-0.3, -0.25) is 4.79 Å². The van der Waals surface area contributed by atoms with E-state index in [2.05, 4.69) is 0 Å². The summed E-state index contributed by atoms with van der Waals surface area (Å²) >= 11 is 0. The molecular weight excluding hydrogens is 323 g/mol. The molecule has 1 unspecified atom stereocenters. The molecule has 138 valence electrons. The van der Waals surface area contributed by atoms with Crippen LogP contribution < -0.4 is 5.73 Å². The van der Waals surface area contributed by atoms with E-state index < -0.39 is 11.5 Å². The van der Waals surface area contributed by atoms with Crippen molar-refractivity contribution in [2.45, 2.75) is 31.8 Å². The summed E-state index contributed by atoms with van der Waals surface area (Å²) in [5, 5.41) is 10.5. The Bertz CT molecular complexity index is 579. The maximum atomic E-state index is 13.0. The lowest BCUT2D eigenvalue weighted by Gasteiger charge is -2.42. The second-order valence-electron chi connectivity index (χ2n) is 7.22. The number of ether oxygens (including phenoxy) is 1. The monoisotopic (exact) mass is 350 g/mol. The third-order valence-corrected chi connectivity index (χ3v) is 5.78. The fourth-order valence-corrected chi connectivity index (χ4v) is 3.95. The SMILES string of the molecule is NCC1(C(=O)N2CCC(C(O)c3ccc(F)cc3)CC2)CCOCC1. The maximum absolute atomic E-state index is 13.0. The molecule has 0 spiro atoms. The van der Waals surface area contributed by atoms with Gasteiger partial charge < -0.3 is 20.5 Å². The van der Waals surface area contributed by atoms with E-state index in [9.17, 15) is 14.3 Å². The number of carbonyl (C=O) groups is 1. The predicted octanol–water partition coefficient (Wildman–Crippen LogP) is 1.85. The Morgan fingerprint density at radius 1 is 1.28 bits per heavy atom. The van der Waals surface area contributed by atoms with Gasteiger partial charge in [0.05, 0.1) is 11.5 Å². The number of likely N-dealkylation sites (tertiary alicyclic amines) is 1. The number of aliphatic hydroxyl groups is 1. The lowest BCUT2D eigenvalue weighted by Crippen LogP contribution is -2.53. The minimum absolute atomic E-state index is 0.0815. The summed E-state index contributed by atoms with van der Waals surface area (Å²) in [5.41, 5.74) is 6.18. The van der Waals surface area contributed by atoms with Gasteiger partial charge in [0.15, 0.2) is 0 Å². The third-order valence-electron chi connectivity index (χ3n) is 5.78. The fraction of sp³-hybridized carbons (Fsp3) is 0.632. The molecule has 2 aliphatic rings. The Kier molecular flexibility index (Phi) is 5.71. The summed E-state index contributed by atoms with van der Waals surface area (Å²) in [6.45, 7) is 2.79. The van der Waals surface area contributed by atoms with Gasteiger partial charge in [-0.1, -0.05) is 12.1 Å². The number of hydrogen-bond acceptors (Lipinski definition) is 4. The Morgan fingerprint density at radius 2 is 1.88 bits per heavy atom. The van der Waals surface area contributed by atoms with Crippen molar-refractivity contribution in [1.82, 2.24) is 4.90 Å². The smallest absolute Gasteiger partial charge is 0.230 e. The molecule has 1 aromatic carbocycles. The molecule has 0 saturated carbocycles. The number of nitrogens with two attached hydrogens (primary N) is 1. The van der Waals surface area contributed by atoms with Crippen LogP contribution in [0, 0.1) is 17.2 Å². The Morgan fingerprint density at radius 3 is 2.44 bits per heavy atom. The number of benzene rings is 1. The zero-order chi connectivity index (χ0) is 17.9. The Balaban J connectivity index is 1.59. The number of rotatable bonds is 4. The van der Waals surface area contributed by atoms with Crippen LogP contribution in [0.2, 0.25) is 0 Å². The van der Waals surface area contributed by atoms with Crippen LogP contribution in [0.25, 0.3) is 0 Å². The minimum atomic E-state index is -0.621. The van der Waals surface area contributed by atoms with Gasteiger partial charge in [-0.05, 0) is 49.3 Å². The van der Waals surface area contributed by atoms with Crippen LogP contribution in [0.15, 0.2) is 24.3 Å². The van der Waals surface area contributed by atoms with Gasteiger partial charge in [0.1, 0.15) is 5.82 Å². The van der Waals surface area contributed by atoms with Crippen LogP contribution in [0.5, 0.6) is 0 Å². The van der Waals surface area contributed by atoms with Crippen molar-refractivity contribution in [3.05, 3.63) is 35.6 Å². The molecule has 1 aromatic rings. The number of carbonyl (C=O) groups excluding carboxylic acids is 1. The summed E-state index contributed by atoms with van der Waals surface area (Å²) in [6.07, 6.45) is 2.22. The van der Waals surface area contributed by atoms with E-state index in [-0.39, 0.29) is 17.6 Å². The highest BCUT2D eigenvalue weighted by Crippen LogP contribution is 2.35. The van der Waals surface area contributed by atoms with Crippen molar-refractivity contribution >= 4 is 5.91 Å². The first-order valence-corrected chi connectivity index (χ1v) is 9.06. The molecule has 25 heavy (non-hydrogen) atoms. The van der Waals surface area contributed by atoms with Crippen LogP contribution >= 0.6 is 0 Å². The molecule has 1 atom stereocenters. The van der Waals surface area contributed by atoms with E-state index >= 15 is 0 Å². The number of nitrogens with zero attached hydrogens (tertiary/aromatic N) is 1. The molecule has 0 aromatic heterocycles. The molecule has 0 aliphatic carbocycles. The first kappa shape index (κ1) is 18.3. The van der Waals surface area contributed by atoms with Gasteiger partial charge in [-0.15, -0.1) is 0 Å². The van der Waals surface area contributed by atoms with Crippen molar-refractivity contribution < 1.29 is 19.0 Å². The van der Waals surface area contributed by atoms with Crippen LogP contribution in [0.3, 0.4) is 0 Å². The summed E-state index contributed by atoms with van der Waals surface area (Å²) in [5.74, 6) is -0.0917. The van der Waals surface area contributed by atoms with Crippen LogP contribution in [-0.4, -0.2) is 48.8 Å². The highest BCUT2D eigenvalue weighted by atomic mass is 19.1. The van der Waals surface area contributed by atoms with Gasteiger partial charge in [0, 0.05) is 32.8 Å². The summed E-state index contributed by atoms with van der Waals surface area (Å²) in [7, 11) is 0. The predicted molar refractivity (Wildman–Crippen MR) is 92.2 cm³/mol. The van der Waals surface area contributed by atoms with Gasteiger partial charge in [-0.2, -0.15) is 0 Å². The molecule has 3 rings (SSSR count). The summed E-state index contributed by atoms with van der Waals surface area (Å²) in [4.78, 5) is 14.9. The van der Waals surface area contributed by atoms with E-state index in [0.717, 1.165) is 18.4 Å². The number of piperidine rings is 1. The highest BCUT2D eigenvalue weighted by molar-refractivity contribution is 5.83. The van der Waals surface area contributed by atoms with Gasteiger partial charge >= 0.3 is 0 Å². The van der Waals surface area contributed by atoms with E-state index in [1.165, 1.54) is 12.1 Å². The lowest BCUT2D eigenvalue weighted by molar-refractivity contribution is -0.149. The van der Waals surface area contributed by atoms with Crippen molar-refractivity contribution in [2.24, 2.45) is 17.1 Å². The first-order valence-electron chi connectivity index (χ1n) is 9.06. The average molecular weight is 350 g/mol. The van der Waals surface area contributed by atoms with Crippen molar-refractivity contribution in [3.63, 3.8) is 0 Å². The standard InChI is InChI=1S/C19H27FN2O3/c20-16-3-1-14(2-4-16)17(23)15-5-9-22(10-6-15)18(24)19(13-21)7-11-25-12-8-19/h1-4,15,17,23H,5-13,21H2. The quantitative estimate of drug-likeness (QED) is 0.869. The zero-order valence-corrected chi connectivity index (χ0v) is 14.5. The number of halogens is 1.